The van der Waals surface area contributed by atoms with Crippen molar-refractivity contribution in [3.63, 3.8) is 0 Å². The fourth-order valence-electron chi connectivity index (χ4n) is 1.34. The summed E-state index contributed by atoms with van der Waals surface area (Å²) in [5.74, 6) is 0. The normalized spacial score (nSPS) is 10.5. The lowest BCUT2D eigenvalue weighted by Crippen LogP contribution is -1.88. The number of nitrogens with zero attached hydrogens (tertiary/aromatic N) is 1. The number of nitro groups is 1. The molecule has 0 aliphatic heterocycles. The minimum absolute atomic E-state index is 0.213. The van der Waals surface area contributed by atoms with Gasteiger partial charge in [-0.25, -0.2) is 0 Å². The molecule has 66 valence electrons. The summed E-state index contributed by atoms with van der Waals surface area (Å²) in [6, 6.07) is 5.47. The topological polar surface area (TPSA) is 43.1 Å². The number of aryl methyl sites for hydroxylation is 1. The Bertz CT molecular complexity index is 475. The van der Waals surface area contributed by atoms with Gasteiger partial charge in [-0.05, 0) is 29.3 Å². The van der Waals surface area contributed by atoms with E-state index in [0.29, 0.717) is 0 Å². The molecule has 0 aliphatic rings. The number of thiophene rings is 1. The highest BCUT2D eigenvalue weighted by Crippen LogP contribution is 2.31. The molecule has 0 aliphatic carbocycles. The van der Waals surface area contributed by atoms with Crippen LogP contribution in [-0.4, -0.2) is 4.92 Å². The smallest absolute Gasteiger partial charge is 0.258 e. The van der Waals surface area contributed by atoms with Crippen molar-refractivity contribution < 1.29 is 4.92 Å². The van der Waals surface area contributed by atoms with E-state index in [-0.39, 0.29) is 10.6 Å². The zero-order valence-electron chi connectivity index (χ0n) is 6.98. The van der Waals surface area contributed by atoms with Gasteiger partial charge in [0.1, 0.15) is 4.70 Å². The number of benzene rings is 1. The molecule has 0 bridgehead atoms. The fourth-order valence-corrected chi connectivity index (χ4v) is 2.21. The van der Waals surface area contributed by atoms with Gasteiger partial charge in [0.15, 0.2) is 0 Å². The number of nitro benzene ring substituents is 1. The van der Waals surface area contributed by atoms with Crippen LogP contribution in [0.5, 0.6) is 0 Å². The molecule has 4 heteroatoms. The molecule has 1 heterocycles. The maximum atomic E-state index is 10.7. The molecule has 0 saturated carbocycles. The first-order valence-corrected chi connectivity index (χ1v) is 4.68. The van der Waals surface area contributed by atoms with Crippen LogP contribution in [0.25, 0.3) is 10.1 Å². The molecule has 0 spiro atoms. The van der Waals surface area contributed by atoms with Crippen molar-refractivity contribution in [3.8, 4) is 0 Å². The van der Waals surface area contributed by atoms with Crippen molar-refractivity contribution in [1.82, 2.24) is 0 Å². The standard InChI is InChI=1S/C9H7NO2S/c1-6-4-7-2-3-13-9(7)8(5-6)10(11)12/h2-5H,1H3. The second-order valence-electron chi connectivity index (χ2n) is 2.88. The molecule has 0 fully saturated rings. The lowest BCUT2D eigenvalue weighted by Gasteiger charge is -1.95. The Morgan fingerprint density at radius 2 is 2.23 bits per heavy atom. The number of fused-ring (bicyclic) bond motifs is 1. The highest BCUT2D eigenvalue weighted by molar-refractivity contribution is 7.17. The van der Waals surface area contributed by atoms with Gasteiger partial charge >= 0.3 is 0 Å². The highest BCUT2D eigenvalue weighted by atomic mass is 32.1. The molecule has 2 aromatic rings. The molecule has 0 saturated heterocycles. The maximum absolute atomic E-state index is 10.7. The Balaban J connectivity index is 2.84. The first kappa shape index (κ1) is 8.19. The van der Waals surface area contributed by atoms with E-state index in [0.717, 1.165) is 15.6 Å². The predicted molar refractivity (Wildman–Crippen MR) is 53.2 cm³/mol. The number of hydrogen-bond acceptors (Lipinski definition) is 3. The van der Waals surface area contributed by atoms with E-state index in [4.69, 9.17) is 0 Å². The fraction of sp³-hybridized carbons (Fsp3) is 0.111. The molecule has 0 amide bonds. The lowest BCUT2D eigenvalue weighted by molar-refractivity contribution is -0.382. The molecule has 0 unspecified atom stereocenters. The molecular weight excluding hydrogens is 186 g/mol. The van der Waals surface area contributed by atoms with E-state index in [9.17, 15) is 10.1 Å². The Morgan fingerprint density at radius 1 is 1.46 bits per heavy atom. The van der Waals surface area contributed by atoms with Gasteiger partial charge < -0.3 is 0 Å². The molecule has 1 aromatic heterocycles. The molecule has 13 heavy (non-hydrogen) atoms. The van der Waals surface area contributed by atoms with E-state index in [1.54, 1.807) is 6.07 Å². The van der Waals surface area contributed by atoms with Crippen LogP contribution in [0.2, 0.25) is 0 Å². The predicted octanol–water partition coefficient (Wildman–Crippen LogP) is 3.12. The van der Waals surface area contributed by atoms with Crippen molar-refractivity contribution in [3.05, 3.63) is 39.3 Å². The second kappa shape index (κ2) is 2.81. The van der Waals surface area contributed by atoms with Gasteiger partial charge in [-0.2, -0.15) is 0 Å². The third kappa shape index (κ3) is 1.29. The van der Waals surface area contributed by atoms with Crippen LogP contribution in [0.15, 0.2) is 23.6 Å². The van der Waals surface area contributed by atoms with Gasteiger partial charge in [0, 0.05) is 6.07 Å². The Hall–Kier alpha value is -1.42. The quantitative estimate of drug-likeness (QED) is 0.516. The van der Waals surface area contributed by atoms with Gasteiger partial charge in [-0.1, -0.05) is 6.07 Å². The molecule has 2 rings (SSSR count). The van der Waals surface area contributed by atoms with Crippen LogP contribution >= 0.6 is 11.3 Å². The van der Waals surface area contributed by atoms with Crippen LogP contribution in [0.1, 0.15) is 5.56 Å². The monoisotopic (exact) mass is 193 g/mol. The number of rotatable bonds is 1. The van der Waals surface area contributed by atoms with E-state index in [2.05, 4.69) is 0 Å². The third-order valence-electron chi connectivity index (χ3n) is 1.87. The lowest BCUT2D eigenvalue weighted by atomic mass is 10.1. The summed E-state index contributed by atoms with van der Waals surface area (Å²) in [4.78, 5) is 10.3. The minimum atomic E-state index is -0.328. The van der Waals surface area contributed by atoms with Crippen molar-refractivity contribution in [2.75, 3.05) is 0 Å². The molecule has 3 nitrogen and oxygen atoms in total. The van der Waals surface area contributed by atoms with Crippen molar-refractivity contribution in [2.45, 2.75) is 6.92 Å². The van der Waals surface area contributed by atoms with E-state index < -0.39 is 0 Å². The summed E-state index contributed by atoms with van der Waals surface area (Å²) in [5, 5.41) is 13.5. The average Bonchev–Trinajstić information content (AvgIpc) is 2.49. The first-order valence-electron chi connectivity index (χ1n) is 3.81. The zero-order chi connectivity index (χ0) is 9.42. The molecule has 1 aromatic carbocycles. The summed E-state index contributed by atoms with van der Waals surface area (Å²) in [5.41, 5.74) is 1.14. The highest BCUT2D eigenvalue weighted by Gasteiger charge is 2.12. The minimum Gasteiger partial charge on any atom is -0.258 e. The molecule has 0 radical (unpaired) electrons. The van der Waals surface area contributed by atoms with E-state index in [1.807, 2.05) is 24.4 Å². The van der Waals surface area contributed by atoms with Crippen LogP contribution in [0.4, 0.5) is 5.69 Å². The summed E-state index contributed by atoms with van der Waals surface area (Å²) in [6.07, 6.45) is 0. The Morgan fingerprint density at radius 3 is 2.92 bits per heavy atom. The molecule has 0 N–H and O–H groups in total. The van der Waals surface area contributed by atoms with Gasteiger partial charge in [0.25, 0.3) is 5.69 Å². The zero-order valence-corrected chi connectivity index (χ0v) is 7.80. The Labute approximate surface area is 78.8 Å². The summed E-state index contributed by atoms with van der Waals surface area (Å²) in [7, 11) is 0. The second-order valence-corrected chi connectivity index (χ2v) is 3.80. The SMILES string of the molecule is Cc1cc([N+](=O)[O-])c2sccc2c1. The van der Waals surface area contributed by atoms with Crippen LogP contribution in [0.3, 0.4) is 0 Å². The number of non-ortho nitro benzene ring substituents is 1. The average molecular weight is 193 g/mol. The molecular formula is C9H7NO2S. The number of hydrogen-bond donors (Lipinski definition) is 0. The van der Waals surface area contributed by atoms with Crippen molar-refractivity contribution in [1.29, 1.82) is 0 Å². The van der Waals surface area contributed by atoms with E-state index >= 15 is 0 Å². The van der Waals surface area contributed by atoms with Crippen LogP contribution < -0.4 is 0 Å². The Kier molecular flexibility index (Phi) is 1.77. The summed E-state index contributed by atoms with van der Waals surface area (Å²) >= 11 is 1.41. The molecule has 0 atom stereocenters. The first-order chi connectivity index (χ1) is 6.18. The summed E-state index contributed by atoms with van der Waals surface area (Å²) in [6.45, 7) is 1.87. The van der Waals surface area contributed by atoms with Crippen molar-refractivity contribution >= 4 is 27.1 Å². The van der Waals surface area contributed by atoms with E-state index in [1.165, 1.54) is 11.3 Å². The van der Waals surface area contributed by atoms with Crippen LogP contribution in [-0.2, 0) is 0 Å². The van der Waals surface area contributed by atoms with Gasteiger partial charge in [0.05, 0.1) is 4.92 Å². The third-order valence-corrected chi connectivity index (χ3v) is 2.83. The van der Waals surface area contributed by atoms with Gasteiger partial charge in [-0.15, -0.1) is 11.3 Å². The van der Waals surface area contributed by atoms with Crippen molar-refractivity contribution in [2.24, 2.45) is 0 Å². The van der Waals surface area contributed by atoms with Gasteiger partial charge in [-0.3, -0.25) is 10.1 Å². The van der Waals surface area contributed by atoms with Gasteiger partial charge in [0.2, 0.25) is 0 Å². The largest absolute Gasteiger partial charge is 0.287 e. The summed E-state index contributed by atoms with van der Waals surface area (Å²) < 4.78 is 0.760. The van der Waals surface area contributed by atoms with Crippen LogP contribution in [0, 0.1) is 17.0 Å². The maximum Gasteiger partial charge on any atom is 0.287 e.